The van der Waals surface area contributed by atoms with Crippen molar-refractivity contribution in [3.05, 3.63) is 54.2 Å². The van der Waals surface area contributed by atoms with E-state index < -0.39 is 10.9 Å². The number of hydrogen-bond acceptors (Lipinski definition) is 7. The summed E-state index contributed by atoms with van der Waals surface area (Å²) in [6.45, 7) is 1.54. The van der Waals surface area contributed by atoms with Crippen LogP contribution in [0.15, 0.2) is 48.7 Å². The van der Waals surface area contributed by atoms with Crippen molar-refractivity contribution >= 4 is 28.7 Å². The summed E-state index contributed by atoms with van der Waals surface area (Å²) in [5, 5.41) is -0.297. The predicted octanol–water partition coefficient (Wildman–Crippen LogP) is 2.52. The van der Waals surface area contributed by atoms with Gasteiger partial charge in [0.25, 0.3) is 11.1 Å². The van der Waals surface area contributed by atoms with E-state index >= 15 is 0 Å². The lowest BCUT2D eigenvalue weighted by molar-refractivity contribution is -0.133. The minimum atomic E-state index is -1.20. The SMILES string of the molecule is COc1ccccc1C1([C@@H]2CN(c3ccccn3)CCO2)SC(=O)N(C)C1=O. The van der Waals surface area contributed by atoms with Crippen molar-refractivity contribution in [1.29, 1.82) is 0 Å². The van der Waals surface area contributed by atoms with Gasteiger partial charge in [-0.2, -0.15) is 0 Å². The Kier molecular flexibility index (Phi) is 4.99. The van der Waals surface area contributed by atoms with Gasteiger partial charge in [0.1, 0.15) is 17.7 Å². The van der Waals surface area contributed by atoms with Crippen LogP contribution in [0.4, 0.5) is 10.6 Å². The molecule has 2 aliphatic rings. The van der Waals surface area contributed by atoms with Crippen molar-refractivity contribution in [2.75, 3.05) is 38.8 Å². The van der Waals surface area contributed by atoms with Crippen LogP contribution in [0, 0.1) is 0 Å². The molecule has 2 saturated heterocycles. The summed E-state index contributed by atoms with van der Waals surface area (Å²) in [5.41, 5.74) is 0.651. The van der Waals surface area contributed by atoms with Crippen molar-refractivity contribution in [2.24, 2.45) is 0 Å². The predicted molar refractivity (Wildman–Crippen MR) is 107 cm³/mol. The minimum absolute atomic E-state index is 0.292. The standard InChI is InChI=1S/C20H21N3O4S/c1-22-18(24)20(28-19(22)25,14-7-3-4-8-15(14)26-2)16-13-23(11-12-27-16)17-9-5-6-10-21-17/h3-10,16H,11-13H2,1-2H3/t16-,20?/m0/s1. The zero-order chi connectivity index (χ0) is 19.7. The van der Waals surface area contributed by atoms with E-state index in [9.17, 15) is 9.59 Å². The normalized spacial score (nSPS) is 25.3. The van der Waals surface area contributed by atoms with Crippen molar-refractivity contribution in [1.82, 2.24) is 9.88 Å². The summed E-state index contributed by atoms with van der Waals surface area (Å²) in [4.78, 5) is 33.5. The van der Waals surface area contributed by atoms with Gasteiger partial charge >= 0.3 is 0 Å². The molecule has 3 heterocycles. The molecule has 0 bridgehead atoms. The molecule has 0 radical (unpaired) electrons. The Bertz CT molecular complexity index is 894. The summed E-state index contributed by atoms with van der Waals surface area (Å²) < 4.78 is 10.4. The number of pyridine rings is 1. The number of ether oxygens (including phenoxy) is 2. The molecule has 1 aromatic heterocycles. The minimum Gasteiger partial charge on any atom is -0.496 e. The number of methoxy groups -OCH3 is 1. The molecular weight excluding hydrogens is 378 g/mol. The first-order chi connectivity index (χ1) is 13.6. The van der Waals surface area contributed by atoms with Gasteiger partial charge in [-0.25, -0.2) is 4.98 Å². The van der Waals surface area contributed by atoms with Crippen LogP contribution < -0.4 is 9.64 Å². The fourth-order valence-electron chi connectivity index (χ4n) is 3.72. The van der Waals surface area contributed by atoms with Gasteiger partial charge in [0.15, 0.2) is 4.75 Å². The molecule has 0 N–H and O–H groups in total. The Labute approximate surface area is 167 Å². The van der Waals surface area contributed by atoms with Gasteiger partial charge in [0, 0.05) is 31.9 Å². The lowest BCUT2D eigenvalue weighted by Crippen LogP contribution is -2.55. The van der Waals surface area contributed by atoms with E-state index in [0.717, 1.165) is 17.6 Å². The number of rotatable bonds is 4. The maximum Gasteiger partial charge on any atom is 0.289 e. The molecule has 8 heteroatoms. The van der Waals surface area contributed by atoms with Crippen molar-refractivity contribution in [3.63, 3.8) is 0 Å². The van der Waals surface area contributed by atoms with E-state index in [-0.39, 0.29) is 11.1 Å². The van der Waals surface area contributed by atoms with Crippen LogP contribution in [0.25, 0.3) is 0 Å². The fourth-order valence-corrected chi connectivity index (χ4v) is 5.00. The zero-order valence-electron chi connectivity index (χ0n) is 15.7. The van der Waals surface area contributed by atoms with Gasteiger partial charge in [-0.1, -0.05) is 24.3 Å². The van der Waals surface area contributed by atoms with Gasteiger partial charge < -0.3 is 14.4 Å². The first-order valence-electron chi connectivity index (χ1n) is 9.00. The number of aromatic nitrogens is 1. The summed E-state index contributed by atoms with van der Waals surface area (Å²) in [7, 11) is 3.07. The average Bonchev–Trinajstić information content (AvgIpc) is 2.99. The Balaban J connectivity index is 1.78. The topological polar surface area (TPSA) is 72.0 Å². The second kappa shape index (κ2) is 7.44. The molecule has 0 aliphatic carbocycles. The first-order valence-corrected chi connectivity index (χ1v) is 9.81. The smallest absolute Gasteiger partial charge is 0.289 e. The van der Waals surface area contributed by atoms with Crippen LogP contribution in [0.3, 0.4) is 0 Å². The maximum absolute atomic E-state index is 13.4. The van der Waals surface area contributed by atoms with Crippen LogP contribution >= 0.6 is 11.8 Å². The van der Waals surface area contributed by atoms with Gasteiger partial charge in [-0.3, -0.25) is 14.5 Å². The van der Waals surface area contributed by atoms with Crippen LogP contribution in [-0.4, -0.2) is 61.0 Å². The second-order valence-electron chi connectivity index (χ2n) is 6.66. The highest BCUT2D eigenvalue weighted by Crippen LogP contribution is 2.52. The molecule has 0 spiro atoms. The highest BCUT2D eigenvalue weighted by molar-refractivity contribution is 8.15. The molecule has 2 amide bonds. The summed E-state index contributed by atoms with van der Waals surface area (Å²) >= 11 is 1.00. The van der Waals surface area contributed by atoms with E-state index in [1.165, 1.54) is 11.9 Å². The summed E-state index contributed by atoms with van der Waals surface area (Å²) in [5.74, 6) is 1.09. The molecule has 28 heavy (non-hydrogen) atoms. The van der Waals surface area contributed by atoms with Gasteiger partial charge in [-0.05, 0) is 30.0 Å². The van der Waals surface area contributed by atoms with E-state index in [1.807, 2.05) is 36.4 Å². The highest BCUT2D eigenvalue weighted by Gasteiger charge is 2.60. The number of amides is 2. The number of carbonyl (C=O) groups is 2. The Morgan fingerprint density at radius 1 is 1.21 bits per heavy atom. The van der Waals surface area contributed by atoms with Crippen LogP contribution in [-0.2, 0) is 14.3 Å². The van der Waals surface area contributed by atoms with Crippen molar-refractivity contribution in [2.45, 2.75) is 10.9 Å². The maximum atomic E-state index is 13.4. The molecule has 7 nitrogen and oxygen atoms in total. The third-order valence-corrected chi connectivity index (χ3v) is 6.57. The summed E-state index contributed by atoms with van der Waals surface area (Å²) in [6.07, 6.45) is 1.20. The quantitative estimate of drug-likeness (QED) is 0.782. The number of anilines is 1. The van der Waals surface area contributed by atoms with Crippen molar-refractivity contribution in [3.8, 4) is 5.75 Å². The number of thioether (sulfide) groups is 1. The molecule has 1 unspecified atom stereocenters. The van der Waals surface area contributed by atoms with E-state index in [0.29, 0.717) is 31.0 Å². The second-order valence-corrected chi connectivity index (χ2v) is 7.86. The molecule has 4 rings (SSSR count). The third kappa shape index (κ3) is 2.93. The number of carbonyl (C=O) groups excluding carboxylic acids is 2. The summed E-state index contributed by atoms with van der Waals surface area (Å²) in [6, 6.07) is 13.0. The number of nitrogens with zero attached hydrogens (tertiary/aromatic N) is 3. The number of morpholine rings is 1. The molecule has 2 atom stereocenters. The third-order valence-electron chi connectivity index (χ3n) is 5.14. The fraction of sp³-hybridized carbons (Fsp3) is 0.350. The van der Waals surface area contributed by atoms with Crippen LogP contribution in [0.1, 0.15) is 5.56 Å². The zero-order valence-corrected chi connectivity index (χ0v) is 16.5. The highest BCUT2D eigenvalue weighted by atomic mass is 32.2. The lowest BCUT2D eigenvalue weighted by atomic mass is 9.89. The molecule has 2 aromatic rings. The monoisotopic (exact) mass is 399 g/mol. The number of benzene rings is 1. The van der Waals surface area contributed by atoms with Crippen LogP contribution in [0.2, 0.25) is 0 Å². The number of imide groups is 1. The first kappa shape index (κ1) is 18.8. The molecular formula is C20H21N3O4S. The number of para-hydroxylation sites is 1. The van der Waals surface area contributed by atoms with Crippen molar-refractivity contribution < 1.29 is 19.1 Å². The van der Waals surface area contributed by atoms with Gasteiger partial charge in [0.05, 0.1) is 13.7 Å². The molecule has 2 fully saturated rings. The number of hydrogen-bond donors (Lipinski definition) is 0. The van der Waals surface area contributed by atoms with Crippen LogP contribution in [0.5, 0.6) is 5.75 Å². The Morgan fingerprint density at radius 2 is 2.00 bits per heavy atom. The largest absolute Gasteiger partial charge is 0.496 e. The van der Waals surface area contributed by atoms with Gasteiger partial charge in [-0.15, -0.1) is 0 Å². The average molecular weight is 399 g/mol. The molecule has 1 aromatic carbocycles. The Morgan fingerprint density at radius 3 is 2.68 bits per heavy atom. The molecule has 146 valence electrons. The Hall–Kier alpha value is -2.58. The number of likely N-dealkylation sites (N-methyl/N-ethyl adjacent to an activating group) is 1. The van der Waals surface area contributed by atoms with E-state index in [1.54, 1.807) is 19.4 Å². The van der Waals surface area contributed by atoms with E-state index in [4.69, 9.17) is 9.47 Å². The van der Waals surface area contributed by atoms with E-state index in [2.05, 4.69) is 9.88 Å². The lowest BCUT2D eigenvalue weighted by Gasteiger charge is -2.41. The molecule has 2 aliphatic heterocycles. The van der Waals surface area contributed by atoms with Gasteiger partial charge in [0.2, 0.25) is 0 Å². The molecule has 0 saturated carbocycles.